The number of benzene rings is 2. The smallest absolute Gasteiger partial charge is 0.328 e. The van der Waals surface area contributed by atoms with E-state index in [0.29, 0.717) is 19.5 Å². The first-order valence-electron chi connectivity index (χ1n) is 7.15. The van der Waals surface area contributed by atoms with Crippen molar-refractivity contribution in [2.45, 2.75) is 12.5 Å². The zero-order chi connectivity index (χ0) is 18.6. The minimum Gasteiger partial charge on any atom is -0.480 e. The highest BCUT2D eigenvalue weighted by Gasteiger charge is 2.31. The fraction of sp³-hybridized carbons (Fsp3) is 0.118. The summed E-state index contributed by atoms with van der Waals surface area (Å²) in [7, 11) is 0. The van der Waals surface area contributed by atoms with Gasteiger partial charge in [-0.05, 0) is 30.3 Å². The van der Waals surface area contributed by atoms with E-state index in [1.165, 1.54) is 12.1 Å². The molecule has 3 N–H and O–H groups in total. The Kier molecular flexibility index (Phi) is 6.46. The quantitative estimate of drug-likeness (QED) is 0.292. The monoisotopic (exact) mass is 468 g/mol. The molecule has 2 rings (SSSR count). The Morgan fingerprint density at radius 2 is 1.56 bits per heavy atom. The molecule has 0 aliphatic carbocycles. The van der Waals surface area contributed by atoms with Gasteiger partial charge in [-0.1, -0.05) is 50.1 Å². The van der Waals surface area contributed by atoms with Crippen molar-refractivity contribution in [1.82, 2.24) is 5.01 Å². The average Bonchev–Trinajstić information content (AvgIpc) is 2.57. The molecule has 2 aromatic rings. The molecule has 25 heavy (non-hydrogen) atoms. The number of Topliss-reactive ketones (excluding diaryl/α,β-unsaturated/α-hetero) is 1. The minimum absolute atomic E-state index is 0.244. The van der Waals surface area contributed by atoms with Gasteiger partial charge in [0.15, 0.2) is 11.8 Å². The van der Waals surface area contributed by atoms with E-state index >= 15 is 0 Å². The van der Waals surface area contributed by atoms with Gasteiger partial charge < -0.3 is 5.11 Å². The van der Waals surface area contributed by atoms with E-state index in [9.17, 15) is 19.5 Å². The molecule has 2 aromatic carbocycles. The van der Waals surface area contributed by atoms with Crippen LogP contribution in [-0.2, 0) is 4.79 Å². The molecule has 0 spiro atoms. The van der Waals surface area contributed by atoms with Crippen LogP contribution in [0.5, 0.6) is 0 Å². The van der Waals surface area contributed by atoms with Crippen molar-refractivity contribution in [1.29, 1.82) is 0 Å². The summed E-state index contributed by atoms with van der Waals surface area (Å²) in [6.07, 6.45) is -0.437. The second-order valence-electron chi connectivity index (χ2n) is 5.22. The van der Waals surface area contributed by atoms with Gasteiger partial charge in [0.2, 0.25) is 0 Å². The van der Waals surface area contributed by atoms with Crippen molar-refractivity contribution in [2.75, 3.05) is 0 Å². The number of amides is 1. The lowest BCUT2D eigenvalue weighted by atomic mass is 10.0. The predicted octanol–water partition coefficient (Wildman–Crippen LogP) is 3.25. The van der Waals surface area contributed by atoms with Gasteiger partial charge >= 0.3 is 5.97 Å². The Hall–Kier alpha value is -2.03. The maximum atomic E-state index is 12.4. The molecule has 1 amide bonds. The first-order valence-corrected chi connectivity index (χ1v) is 8.73. The molecule has 0 aromatic heterocycles. The highest BCUT2D eigenvalue weighted by molar-refractivity contribution is 9.11. The van der Waals surface area contributed by atoms with Crippen LogP contribution in [0.1, 0.15) is 27.1 Å². The summed E-state index contributed by atoms with van der Waals surface area (Å²) < 4.78 is 1.34. The Balaban J connectivity index is 2.21. The van der Waals surface area contributed by atoms with Crippen LogP contribution in [0.4, 0.5) is 0 Å². The van der Waals surface area contributed by atoms with E-state index in [-0.39, 0.29) is 5.56 Å². The topological polar surface area (TPSA) is 101 Å². The third kappa shape index (κ3) is 4.97. The summed E-state index contributed by atoms with van der Waals surface area (Å²) in [5, 5.41) is 9.99. The number of hydrazine groups is 1. The molecule has 0 heterocycles. The third-order valence-electron chi connectivity index (χ3n) is 3.44. The molecule has 0 aliphatic heterocycles. The van der Waals surface area contributed by atoms with Crippen molar-refractivity contribution >= 4 is 49.5 Å². The molecule has 0 saturated carbocycles. The van der Waals surface area contributed by atoms with Crippen molar-refractivity contribution < 1.29 is 19.5 Å². The molecule has 130 valence electrons. The SMILES string of the molecule is NN(C(=O)c1ccccc1)[C@@H](CC(=O)c1cc(Br)cc(Br)c1)C(=O)O. The minimum atomic E-state index is -1.47. The summed E-state index contributed by atoms with van der Waals surface area (Å²) in [5.41, 5.74) is 0.557. The fourth-order valence-electron chi connectivity index (χ4n) is 2.18. The molecular weight excluding hydrogens is 456 g/mol. The Morgan fingerprint density at radius 3 is 2.08 bits per heavy atom. The highest BCUT2D eigenvalue weighted by Crippen LogP contribution is 2.22. The number of nitrogens with zero attached hydrogens (tertiary/aromatic N) is 1. The van der Waals surface area contributed by atoms with E-state index in [1.807, 2.05) is 0 Å². The molecule has 0 saturated heterocycles. The summed E-state index contributed by atoms with van der Waals surface area (Å²) in [4.78, 5) is 36.3. The Morgan fingerprint density at radius 1 is 1.00 bits per heavy atom. The van der Waals surface area contributed by atoms with E-state index in [4.69, 9.17) is 5.84 Å². The van der Waals surface area contributed by atoms with Crippen LogP contribution in [-0.4, -0.2) is 33.8 Å². The summed E-state index contributed by atoms with van der Waals surface area (Å²) in [6.45, 7) is 0. The van der Waals surface area contributed by atoms with E-state index < -0.39 is 30.1 Å². The molecular formula is C17H14Br2N2O4. The molecule has 0 radical (unpaired) electrons. The second-order valence-corrected chi connectivity index (χ2v) is 7.05. The van der Waals surface area contributed by atoms with Crippen molar-refractivity contribution in [2.24, 2.45) is 5.84 Å². The van der Waals surface area contributed by atoms with Crippen LogP contribution in [0.15, 0.2) is 57.5 Å². The van der Waals surface area contributed by atoms with E-state index in [0.717, 1.165) is 0 Å². The van der Waals surface area contributed by atoms with Crippen LogP contribution in [0.25, 0.3) is 0 Å². The van der Waals surface area contributed by atoms with Crippen LogP contribution < -0.4 is 5.84 Å². The lowest BCUT2D eigenvalue weighted by Crippen LogP contribution is -2.50. The van der Waals surface area contributed by atoms with Gasteiger partial charge in [0.1, 0.15) is 0 Å². The number of carbonyl (C=O) groups is 3. The molecule has 0 bridgehead atoms. The number of carboxylic acids is 1. The number of ketones is 1. The van der Waals surface area contributed by atoms with Gasteiger partial charge in [-0.15, -0.1) is 0 Å². The van der Waals surface area contributed by atoms with Gasteiger partial charge in [-0.3, -0.25) is 14.6 Å². The molecule has 0 unspecified atom stereocenters. The van der Waals surface area contributed by atoms with Crippen molar-refractivity contribution in [3.63, 3.8) is 0 Å². The van der Waals surface area contributed by atoms with E-state index in [1.54, 1.807) is 36.4 Å². The summed E-state index contributed by atoms with van der Waals surface area (Å²) in [5.74, 6) is 3.25. The van der Waals surface area contributed by atoms with Gasteiger partial charge in [-0.2, -0.15) is 0 Å². The Bertz CT molecular complexity index is 791. The first-order chi connectivity index (χ1) is 11.8. The molecule has 1 atom stereocenters. The maximum absolute atomic E-state index is 12.4. The second kappa shape index (κ2) is 8.37. The zero-order valence-electron chi connectivity index (χ0n) is 12.9. The average molecular weight is 470 g/mol. The third-order valence-corrected chi connectivity index (χ3v) is 4.36. The molecule has 0 aliphatic rings. The van der Waals surface area contributed by atoms with Crippen LogP contribution in [0.2, 0.25) is 0 Å². The number of hydrogen-bond donors (Lipinski definition) is 2. The van der Waals surface area contributed by atoms with Crippen LogP contribution in [0.3, 0.4) is 0 Å². The lowest BCUT2D eigenvalue weighted by Gasteiger charge is -2.23. The summed E-state index contributed by atoms with van der Waals surface area (Å²) >= 11 is 6.54. The van der Waals surface area contributed by atoms with Gasteiger partial charge in [0, 0.05) is 26.5 Å². The maximum Gasteiger partial charge on any atom is 0.328 e. The predicted molar refractivity (Wildman–Crippen MR) is 99.0 cm³/mol. The highest BCUT2D eigenvalue weighted by atomic mass is 79.9. The molecule has 8 heteroatoms. The van der Waals surface area contributed by atoms with Gasteiger partial charge in [0.05, 0.1) is 0 Å². The number of aliphatic carboxylic acids is 1. The number of carbonyl (C=O) groups excluding carboxylic acids is 2. The number of carboxylic acid groups (broad SMARTS) is 1. The summed E-state index contributed by atoms with van der Waals surface area (Å²) in [6, 6.07) is 11.5. The van der Waals surface area contributed by atoms with Crippen LogP contribution >= 0.6 is 31.9 Å². The number of halogens is 2. The Labute approximate surface area is 160 Å². The molecule has 0 fully saturated rings. The standard InChI is InChI=1S/C17H14Br2N2O4/c18-12-6-11(7-13(19)8-12)15(22)9-14(17(24)25)21(20)16(23)10-4-2-1-3-5-10/h1-8,14H,9,20H2,(H,24,25)/t14-/m0/s1. The molecule has 6 nitrogen and oxygen atoms in total. The van der Waals surface area contributed by atoms with Gasteiger partial charge in [0.25, 0.3) is 5.91 Å². The van der Waals surface area contributed by atoms with Crippen molar-refractivity contribution in [3.8, 4) is 0 Å². The van der Waals surface area contributed by atoms with E-state index in [2.05, 4.69) is 31.9 Å². The number of hydrogen-bond acceptors (Lipinski definition) is 4. The first kappa shape index (κ1) is 19.3. The number of nitrogens with two attached hydrogens (primary N) is 1. The van der Waals surface area contributed by atoms with Crippen LogP contribution in [0, 0.1) is 0 Å². The fourth-order valence-corrected chi connectivity index (χ4v) is 3.48. The number of rotatable bonds is 6. The largest absolute Gasteiger partial charge is 0.480 e. The normalized spacial score (nSPS) is 11.6. The zero-order valence-corrected chi connectivity index (χ0v) is 16.0. The lowest BCUT2D eigenvalue weighted by molar-refractivity contribution is -0.142. The van der Waals surface area contributed by atoms with Gasteiger partial charge in [-0.25, -0.2) is 10.6 Å². The van der Waals surface area contributed by atoms with Crippen molar-refractivity contribution in [3.05, 3.63) is 68.6 Å².